The average Bonchev–Trinajstić information content (AvgIpc) is 2.88. The van der Waals surface area contributed by atoms with Crippen LogP contribution < -0.4 is 4.72 Å². The number of aliphatic hydroxyl groups excluding tert-OH is 1. The van der Waals surface area contributed by atoms with Gasteiger partial charge in [-0.05, 0) is 46.7 Å². The molecular weight excluding hydrogens is 374 g/mol. The molecule has 1 heterocycles. The van der Waals surface area contributed by atoms with Gasteiger partial charge >= 0.3 is 0 Å². The Balaban J connectivity index is 1.94. The summed E-state index contributed by atoms with van der Waals surface area (Å²) < 4.78 is 27.9. The highest BCUT2D eigenvalue weighted by atomic mass is 79.9. The van der Waals surface area contributed by atoms with E-state index in [0.717, 1.165) is 18.8 Å². The summed E-state index contributed by atoms with van der Waals surface area (Å²) in [6, 6.07) is 1.53. The summed E-state index contributed by atoms with van der Waals surface area (Å²) in [6.45, 7) is 2.59. The van der Waals surface area contributed by atoms with Gasteiger partial charge in [-0.2, -0.15) is 0 Å². The van der Waals surface area contributed by atoms with Gasteiger partial charge in [-0.15, -0.1) is 11.3 Å². The van der Waals surface area contributed by atoms with Crippen molar-refractivity contribution in [2.75, 3.05) is 6.54 Å². The number of nitrogens with one attached hydrogen (secondary N) is 1. The molecule has 0 amide bonds. The van der Waals surface area contributed by atoms with Crippen LogP contribution in [0.5, 0.6) is 0 Å². The van der Waals surface area contributed by atoms with Crippen LogP contribution in [0.3, 0.4) is 0 Å². The highest BCUT2D eigenvalue weighted by molar-refractivity contribution is 9.11. The first kappa shape index (κ1) is 17.4. The maximum atomic E-state index is 12.3. The molecule has 0 aromatic carbocycles. The maximum Gasteiger partial charge on any atom is 0.242 e. The van der Waals surface area contributed by atoms with Crippen molar-refractivity contribution < 1.29 is 13.5 Å². The molecule has 7 heteroatoms. The van der Waals surface area contributed by atoms with E-state index in [0.29, 0.717) is 21.1 Å². The Morgan fingerprint density at radius 2 is 1.95 bits per heavy atom. The summed E-state index contributed by atoms with van der Waals surface area (Å²) in [7, 11) is -3.50. The Kier molecular flexibility index (Phi) is 6.25. The zero-order chi connectivity index (χ0) is 15.5. The second kappa shape index (κ2) is 7.55. The molecule has 0 saturated heterocycles. The lowest BCUT2D eigenvalue weighted by Crippen LogP contribution is -2.31. The average molecular weight is 396 g/mol. The fourth-order valence-corrected chi connectivity index (χ4v) is 6.46. The molecule has 1 aliphatic rings. The number of hydrogen-bond acceptors (Lipinski definition) is 4. The standard InChI is InChI=1S/C14H22BrNO3S2/c1-2-10-3-5-11(6-4-10)8-16-21(18,19)13-7-12(9-17)20-14(13)15/h7,10-11,16-17H,2-6,8-9H2,1H3. The molecule has 1 saturated carbocycles. The van der Waals surface area contributed by atoms with Crippen LogP contribution in [0.1, 0.15) is 43.9 Å². The zero-order valence-electron chi connectivity index (χ0n) is 12.1. The fourth-order valence-electron chi connectivity index (χ4n) is 2.81. The molecule has 0 spiro atoms. The number of hydrogen-bond donors (Lipinski definition) is 2. The van der Waals surface area contributed by atoms with Crippen LogP contribution in [0.2, 0.25) is 0 Å². The van der Waals surface area contributed by atoms with Gasteiger partial charge in [-0.3, -0.25) is 0 Å². The molecule has 1 fully saturated rings. The van der Waals surface area contributed by atoms with Crippen LogP contribution in [0.25, 0.3) is 0 Å². The van der Waals surface area contributed by atoms with Crippen molar-refractivity contribution in [2.24, 2.45) is 11.8 Å². The third-order valence-electron chi connectivity index (χ3n) is 4.26. The van der Waals surface area contributed by atoms with Crippen molar-refractivity contribution >= 4 is 37.3 Å². The minimum Gasteiger partial charge on any atom is -0.391 e. The van der Waals surface area contributed by atoms with Crippen molar-refractivity contribution in [2.45, 2.75) is 50.5 Å². The topological polar surface area (TPSA) is 66.4 Å². The Bertz CT molecular complexity index is 563. The fraction of sp³-hybridized carbons (Fsp3) is 0.714. The second-order valence-electron chi connectivity index (χ2n) is 5.66. The SMILES string of the molecule is CCC1CCC(CNS(=O)(=O)c2cc(CO)sc2Br)CC1. The van der Waals surface area contributed by atoms with Crippen LogP contribution >= 0.6 is 27.3 Å². The summed E-state index contributed by atoms with van der Waals surface area (Å²) in [5, 5.41) is 9.10. The van der Waals surface area contributed by atoms with Gasteiger partial charge in [-0.25, -0.2) is 13.1 Å². The summed E-state index contributed by atoms with van der Waals surface area (Å²) in [6.07, 6.45) is 5.85. The van der Waals surface area contributed by atoms with Crippen LogP contribution in [0, 0.1) is 11.8 Å². The summed E-state index contributed by atoms with van der Waals surface area (Å²) in [4.78, 5) is 0.879. The van der Waals surface area contributed by atoms with E-state index in [1.807, 2.05) is 0 Å². The molecule has 2 rings (SSSR count). The normalized spacial score (nSPS) is 23.4. The summed E-state index contributed by atoms with van der Waals surface area (Å²) in [5.74, 6) is 1.26. The molecule has 120 valence electrons. The maximum absolute atomic E-state index is 12.3. The first-order valence-electron chi connectivity index (χ1n) is 7.35. The van der Waals surface area contributed by atoms with E-state index in [4.69, 9.17) is 5.11 Å². The van der Waals surface area contributed by atoms with Crippen LogP contribution in [0.4, 0.5) is 0 Å². The Morgan fingerprint density at radius 1 is 1.33 bits per heavy atom. The lowest BCUT2D eigenvalue weighted by atomic mass is 9.81. The molecular formula is C14H22BrNO3S2. The minimum atomic E-state index is -3.50. The van der Waals surface area contributed by atoms with E-state index in [9.17, 15) is 8.42 Å². The van der Waals surface area contributed by atoms with Crippen molar-refractivity contribution in [3.63, 3.8) is 0 Å². The molecule has 0 bridgehead atoms. The Labute approximate surface area is 139 Å². The van der Waals surface area contributed by atoms with Crippen LogP contribution in [-0.2, 0) is 16.6 Å². The van der Waals surface area contributed by atoms with Gasteiger partial charge in [0, 0.05) is 11.4 Å². The first-order chi connectivity index (χ1) is 9.96. The van der Waals surface area contributed by atoms with Gasteiger partial charge in [0.25, 0.3) is 0 Å². The summed E-state index contributed by atoms with van der Waals surface area (Å²) in [5.41, 5.74) is 0. The van der Waals surface area contributed by atoms with E-state index in [2.05, 4.69) is 27.6 Å². The molecule has 2 N–H and O–H groups in total. The van der Waals surface area contributed by atoms with E-state index < -0.39 is 10.0 Å². The largest absolute Gasteiger partial charge is 0.391 e. The number of thiophene rings is 1. The molecule has 0 unspecified atom stereocenters. The highest BCUT2D eigenvalue weighted by Gasteiger charge is 2.24. The number of sulfonamides is 1. The molecule has 1 aromatic heterocycles. The van der Waals surface area contributed by atoms with Crippen LogP contribution in [0.15, 0.2) is 14.7 Å². The quantitative estimate of drug-likeness (QED) is 0.774. The number of aliphatic hydroxyl groups is 1. The van der Waals surface area contributed by atoms with Gasteiger partial charge < -0.3 is 5.11 Å². The lowest BCUT2D eigenvalue weighted by molar-refractivity contribution is 0.270. The summed E-state index contributed by atoms with van der Waals surface area (Å²) >= 11 is 4.52. The first-order valence-corrected chi connectivity index (χ1v) is 10.4. The number of halogens is 1. The minimum absolute atomic E-state index is 0.139. The van der Waals surface area contributed by atoms with Crippen molar-refractivity contribution in [3.8, 4) is 0 Å². The second-order valence-corrected chi connectivity index (χ2v) is 9.85. The van der Waals surface area contributed by atoms with Gasteiger partial charge in [0.15, 0.2) is 0 Å². The van der Waals surface area contributed by atoms with Gasteiger partial charge in [-0.1, -0.05) is 26.2 Å². The van der Waals surface area contributed by atoms with E-state index in [1.165, 1.54) is 36.7 Å². The molecule has 1 aliphatic carbocycles. The molecule has 1 aromatic rings. The predicted molar refractivity (Wildman–Crippen MR) is 88.9 cm³/mol. The lowest BCUT2D eigenvalue weighted by Gasteiger charge is -2.27. The smallest absolute Gasteiger partial charge is 0.242 e. The monoisotopic (exact) mass is 395 g/mol. The zero-order valence-corrected chi connectivity index (χ0v) is 15.4. The number of rotatable bonds is 6. The van der Waals surface area contributed by atoms with Gasteiger partial charge in [0.2, 0.25) is 10.0 Å². The van der Waals surface area contributed by atoms with Crippen molar-refractivity contribution in [1.82, 2.24) is 4.72 Å². The Hall–Kier alpha value is 0.0500. The Morgan fingerprint density at radius 3 is 2.48 bits per heavy atom. The van der Waals surface area contributed by atoms with Crippen molar-refractivity contribution in [3.05, 3.63) is 14.7 Å². The third kappa shape index (κ3) is 4.51. The van der Waals surface area contributed by atoms with Crippen molar-refractivity contribution in [1.29, 1.82) is 0 Å². The molecule has 21 heavy (non-hydrogen) atoms. The van der Waals surface area contributed by atoms with E-state index >= 15 is 0 Å². The highest BCUT2D eigenvalue weighted by Crippen LogP contribution is 2.33. The molecule has 0 aliphatic heterocycles. The van der Waals surface area contributed by atoms with Gasteiger partial charge in [0.05, 0.1) is 10.4 Å². The molecule has 0 radical (unpaired) electrons. The van der Waals surface area contributed by atoms with Gasteiger partial charge in [0.1, 0.15) is 4.90 Å². The predicted octanol–water partition coefficient (Wildman–Crippen LogP) is 3.50. The molecule has 4 nitrogen and oxygen atoms in total. The van der Waals surface area contributed by atoms with E-state index in [-0.39, 0.29) is 11.5 Å². The van der Waals surface area contributed by atoms with E-state index in [1.54, 1.807) is 0 Å². The third-order valence-corrected chi connectivity index (χ3v) is 7.92. The van der Waals surface area contributed by atoms with Crippen LogP contribution in [-0.4, -0.2) is 20.1 Å². The molecule has 0 atom stereocenters.